The minimum absolute atomic E-state index is 0.0429. The number of Topliss-reactive ketones (excluding diaryl/α,β-unsaturated/α-hetero) is 5. The number of carboxylic acid groups (broad SMARTS) is 1. The quantitative estimate of drug-likeness (QED) is 0.00554. The van der Waals surface area contributed by atoms with Crippen LogP contribution in [0.5, 0.6) is 0 Å². The predicted octanol–water partition coefficient (Wildman–Crippen LogP) is 14.0. The van der Waals surface area contributed by atoms with Gasteiger partial charge in [-0.05, 0) is 209 Å². The fraction of sp³-hybridized carbons (Fsp3) is 0.610. The molecule has 0 bridgehead atoms. The zero-order valence-electron chi connectivity index (χ0n) is 77.2. The van der Waals surface area contributed by atoms with E-state index in [0.29, 0.717) is 126 Å². The van der Waals surface area contributed by atoms with E-state index in [2.05, 4.69) is 78.9 Å². The number of alkyl carbamates (subject to hydrolysis) is 3. The number of aromatic carboxylic acids is 1. The number of nitrogens with two attached hydrogens (primary N) is 1. The number of ether oxygens (including phenoxy) is 6. The minimum atomic E-state index is -1.11. The Labute approximate surface area is 819 Å². The molecule has 4 fully saturated rings. The summed E-state index contributed by atoms with van der Waals surface area (Å²) in [5, 5.41) is 30.9. The van der Waals surface area contributed by atoms with Crippen molar-refractivity contribution in [3.63, 3.8) is 0 Å². The largest absolute Gasteiger partial charge is 0.476 e. The standard InChI is InChI=1S/C41H57N7O10S2.C27H32N4O7S2.C14H27N3O4.S11/c1-24-13-14-25(48(24)37(55)58-40(8,9)10)20-31(52)47-41(17-18-41)30(51)21-26(49)15-16-32-43-28(23-59-32)33-44-27(22-60-33)29(50)12-11-19-42-34(45-35(53)56-38(2,3)4)46-36(54)57-39(5,6)7;1-15-5-6-16(31(15)25(37)38-26(2,3)4)11-21(34)30-27(9-10-27)20(33)12-17(32)7-8-22-28-18(13-39-22)23-29-19(14-40-23)24(35)36;1-13(2,3)20-11(18)16-10(8-7-9-15)17-12(19)21-14(4,5)6;1-3-5-7-9-11-10-8-6-4-2/h20,22-24H,11-19,21H2,1-10H3,(H,47,52)(H2,42,45,46,53,54);11,13-15H,5-10,12H2,1-4H3,(H,30,34)(H,35,36);7-9,15H2,1-6H3,(H,16,17,18,19);/b25-20-;16-11-;;/t24-;15-;;/m00../s1. The smallest absolute Gasteiger partial charge is 0.435 e. The van der Waals surface area contributed by atoms with Crippen LogP contribution in [0.3, 0.4) is 0 Å². The molecule has 4 aromatic heterocycles. The lowest BCUT2D eigenvalue weighted by Gasteiger charge is -2.28. The zero-order valence-corrected chi connectivity index (χ0v) is 89.4. The first kappa shape index (κ1) is 115. The summed E-state index contributed by atoms with van der Waals surface area (Å²) < 4.78 is 31.7. The van der Waals surface area contributed by atoms with Crippen LogP contribution in [0.2, 0.25) is 0 Å². The highest BCUT2D eigenvalue weighted by Crippen LogP contribution is 2.40. The lowest BCUT2D eigenvalue weighted by molar-refractivity contribution is -0.131. The van der Waals surface area contributed by atoms with Crippen LogP contribution < -0.4 is 32.3 Å². The van der Waals surface area contributed by atoms with E-state index in [1.165, 1.54) is 90.4 Å². The Balaban J connectivity index is 0.000000364. The molecule has 8 rings (SSSR count). The second-order valence-corrected chi connectivity index (χ2v) is 55.5. The Morgan fingerprint density at radius 1 is 0.500 bits per heavy atom. The number of carbonyl (C=O) groups is 14. The van der Waals surface area contributed by atoms with Crippen molar-refractivity contribution < 1.29 is 101 Å². The average molecular weight is 2110 g/mol. The summed E-state index contributed by atoms with van der Waals surface area (Å²) >= 11 is 14.5. The first-order valence-electron chi connectivity index (χ1n) is 41.5. The van der Waals surface area contributed by atoms with Crippen molar-refractivity contribution in [1.82, 2.24) is 56.3 Å². The van der Waals surface area contributed by atoms with Gasteiger partial charge in [0.15, 0.2) is 23.0 Å². The summed E-state index contributed by atoms with van der Waals surface area (Å²) in [6, 6.07) is -0.245. The number of hydrogen-bond acceptors (Lipinski definition) is 32. The summed E-state index contributed by atoms with van der Waals surface area (Å²) in [4.78, 5) is 203. The highest BCUT2D eigenvalue weighted by Gasteiger charge is 2.52. The summed E-state index contributed by atoms with van der Waals surface area (Å²) in [5.41, 5.74) is 1.48. The molecule has 35 nitrogen and oxygen atoms in total. The number of allylic oxidation sites excluding steroid dienone is 2. The maximum Gasteiger partial charge on any atom is 0.435 e. The molecule has 2 saturated carbocycles. The monoisotopic (exact) mass is 2110 g/mol. The number of carbonyl (C=O) groups excluding carboxylic acids is 13. The van der Waals surface area contributed by atoms with Gasteiger partial charge in [-0.2, -0.15) is 4.99 Å². The maximum atomic E-state index is 13.2. The Bertz CT molecular complexity index is 5370. The van der Waals surface area contributed by atoms with Crippen LogP contribution in [0.4, 0.5) is 28.8 Å². The number of thiazole rings is 4. The van der Waals surface area contributed by atoms with Crippen LogP contribution in [-0.2, 0) is 172 Å². The molecule has 2 aliphatic heterocycles. The summed E-state index contributed by atoms with van der Waals surface area (Å²) in [6.07, 6.45) is 4.40. The topological polar surface area (TPSA) is 484 Å². The summed E-state index contributed by atoms with van der Waals surface area (Å²) in [7, 11) is 14.5. The van der Waals surface area contributed by atoms with E-state index in [1.54, 1.807) is 203 Å². The minimum Gasteiger partial charge on any atom is -0.476 e. The molecule has 0 radical (unpaired) electrons. The summed E-state index contributed by atoms with van der Waals surface area (Å²) in [5.74, 6) is -3.47. The number of aliphatic imine (C=N–C) groups is 2. The van der Waals surface area contributed by atoms with Gasteiger partial charge in [-0.3, -0.25) is 64.3 Å². The molecule has 2 atom stereocenters. The normalized spacial score (nSPS) is 16.0. The molecule has 2 aliphatic carbocycles. The van der Waals surface area contributed by atoms with E-state index in [9.17, 15) is 67.1 Å². The van der Waals surface area contributed by atoms with E-state index < -0.39 is 99.0 Å². The number of nitrogens with one attached hydrogen (secondary N) is 5. The van der Waals surface area contributed by atoms with Gasteiger partial charge in [-0.25, -0.2) is 53.5 Å². The van der Waals surface area contributed by atoms with Gasteiger partial charge in [0.2, 0.25) is 17.8 Å². The van der Waals surface area contributed by atoms with Crippen LogP contribution in [0.15, 0.2) is 55.1 Å². The second-order valence-electron chi connectivity index (χ2n) is 36.0. The number of likely N-dealkylation sites (tertiary alicyclic amines) is 2. The molecule has 8 amide bonds. The van der Waals surface area contributed by atoms with Crippen LogP contribution in [0.25, 0.3) is 21.4 Å². The fourth-order valence-corrected chi connectivity index (χ4v) is 34.0. The molecule has 4 aromatic rings. The van der Waals surface area contributed by atoms with E-state index >= 15 is 0 Å². The number of rotatable bonds is 27. The molecule has 0 aromatic carbocycles. The first-order valence-corrected chi connectivity index (χ1v) is 58.3. The van der Waals surface area contributed by atoms with Crippen molar-refractivity contribution in [3.05, 3.63) is 66.5 Å². The number of ketones is 5. The third kappa shape index (κ3) is 44.4. The molecule has 132 heavy (non-hydrogen) atoms. The van der Waals surface area contributed by atoms with Gasteiger partial charge in [0.1, 0.15) is 78.1 Å². The highest BCUT2D eigenvalue weighted by molar-refractivity contribution is 8.74. The van der Waals surface area contributed by atoms with Crippen LogP contribution >= 0.6 is 45.3 Å². The molecule has 2 saturated heterocycles. The Morgan fingerprint density at radius 3 is 1.24 bits per heavy atom. The predicted molar refractivity (Wildman–Crippen MR) is 536 cm³/mol. The van der Waals surface area contributed by atoms with E-state index in [0.717, 1.165) is 0 Å². The number of amidine groups is 1. The van der Waals surface area contributed by atoms with E-state index in [1.807, 2.05) is 13.8 Å². The van der Waals surface area contributed by atoms with Crippen molar-refractivity contribution in [1.29, 1.82) is 0 Å². The molecule has 6 heterocycles. The summed E-state index contributed by atoms with van der Waals surface area (Å²) in [6.45, 7) is 35.6. The molecular formula is C82H116N14O21S15. The van der Waals surface area contributed by atoms with Crippen LogP contribution in [-0.4, -0.2) is 200 Å². The van der Waals surface area contributed by atoms with Crippen molar-refractivity contribution >= 4 is 243 Å². The zero-order chi connectivity index (χ0) is 98.9. The number of guanidine groups is 1. The van der Waals surface area contributed by atoms with Crippen molar-refractivity contribution in [2.45, 2.75) is 311 Å². The number of hydrogen-bond donors (Lipinski definition) is 7. The fourth-order valence-electron chi connectivity index (χ4n) is 11.5. The highest BCUT2D eigenvalue weighted by atomic mass is 33.4. The van der Waals surface area contributed by atoms with E-state index in [-0.39, 0.29) is 109 Å². The second kappa shape index (κ2) is 53.1. The lowest BCUT2D eigenvalue weighted by Crippen LogP contribution is -2.47. The Kier molecular flexibility index (Phi) is 46.2. The Morgan fingerprint density at radius 2 is 0.879 bits per heavy atom. The van der Waals surface area contributed by atoms with Crippen LogP contribution in [0, 0.1) is 0 Å². The van der Waals surface area contributed by atoms with Gasteiger partial charge in [0.05, 0.1) is 33.9 Å². The third-order valence-electron chi connectivity index (χ3n) is 17.4. The van der Waals surface area contributed by atoms with E-state index in [4.69, 9.17) is 39.3 Å². The van der Waals surface area contributed by atoms with Gasteiger partial charge in [-0.1, -0.05) is 0 Å². The first-order chi connectivity index (χ1) is 61.4. The number of carboxylic acids is 1. The van der Waals surface area contributed by atoms with Crippen molar-refractivity contribution in [3.8, 4) is 21.4 Å². The number of amides is 8. The van der Waals surface area contributed by atoms with Crippen LogP contribution in [0.1, 0.15) is 272 Å². The number of aryl methyl sites for hydroxylation is 2. The molecular weight excluding hydrogens is 2000 g/mol. The van der Waals surface area contributed by atoms with Gasteiger partial charge in [0.25, 0.3) is 0 Å². The maximum absolute atomic E-state index is 13.2. The molecule has 50 heteroatoms. The van der Waals surface area contributed by atoms with Gasteiger partial charge < -0.3 is 49.9 Å². The molecule has 8 N–H and O–H groups in total. The Hall–Kier alpha value is -7.70. The van der Waals surface area contributed by atoms with Gasteiger partial charge in [-0.15, -0.1) is 45.3 Å². The molecule has 730 valence electrons. The third-order valence-corrected chi connectivity index (χ3v) is 38.7. The SMILES string of the molecule is CC(C)(C)OC(=O)N=C(CCCN)NC(=O)OC(C)(C)C.C[C@H]1CC/C(=C/C(=O)NC2(C(=O)CC(=O)CCc3nc(-c4nc(C(=O)CCCN=C(NC(=O)OC(C)(C)C)NC(=O)OC(C)(C)C)cs4)cs3)CC2)N1C(=O)OC(C)(C)C.C[C@H]1CC/C(=C/C(=O)NC2(C(=O)CC(=O)CCc3nc(-c4nc(C(=O)O)cs4)cs3)CC2)N1C(=O)OC(C)(C)C.S=S=S=S=S=S=S=S=S=S=S. The molecule has 0 unspecified atom stereocenters. The van der Waals surface area contributed by atoms with Gasteiger partial charge in [0, 0.05) is 205 Å². The lowest BCUT2D eigenvalue weighted by atomic mass is 10.0. The van der Waals surface area contributed by atoms with Crippen molar-refractivity contribution in [2.24, 2.45) is 15.7 Å². The molecule has 4 aliphatic rings. The average Bonchev–Trinajstić information content (AvgIpc) is 1.63. The molecule has 0 spiro atoms. The number of nitrogens with zero attached hydrogens (tertiary/aromatic N) is 8. The number of aromatic nitrogens is 4. The van der Waals surface area contributed by atoms with Crippen molar-refractivity contribution in [2.75, 3.05) is 13.1 Å². The van der Waals surface area contributed by atoms with Gasteiger partial charge >= 0.3 is 42.5 Å².